The lowest BCUT2D eigenvalue weighted by molar-refractivity contribution is 0.482. The van der Waals surface area contributed by atoms with Crippen LogP contribution >= 0.6 is 0 Å². The van der Waals surface area contributed by atoms with E-state index in [1.54, 1.807) is 0 Å². The molecular formula is C12H9O. The van der Waals surface area contributed by atoms with Crippen LogP contribution in [0.4, 0.5) is 0 Å². The molecule has 1 heteroatoms. The fraction of sp³-hybridized carbons (Fsp3) is 0. The summed E-state index contributed by atoms with van der Waals surface area (Å²) in [7, 11) is 0. The highest BCUT2D eigenvalue weighted by Crippen LogP contribution is 2.19. The summed E-state index contributed by atoms with van der Waals surface area (Å²) < 4.78 is 5.55. The van der Waals surface area contributed by atoms with Crippen molar-refractivity contribution >= 4 is 0 Å². The molecule has 0 aliphatic carbocycles. The number of hydrogen-bond acceptors (Lipinski definition) is 1. The van der Waals surface area contributed by atoms with Gasteiger partial charge in [-0.25, -0.2) is 0 Å². The Bertz CT molecular complexity index is 316. The first kappa shape index (κ1) is 7.87. The van der Waals surface area contributed by atoms with E-state index in [-0.39, 0.29) is 0 Å². The maximum atomic E-state index is 5.55. The van der Waals surface area contributed by atoms with Crippen molar-refractivity contribution in [1.82, 2.24) is 0 Å². The Balaban J connectivity index is 2.16. The van der Waals surface area contributed by atoms with Gasteiger partial charge in [0, 0.05) is 0 Å². The summed E-state index contributed by atoms with van der Waals surface area (Å²) in [6.07, 6.45) is 0. The summed E-state index contributed by atoms with van der Waals surface area (Å²) in [5, 5.41) is 0. The zero-order valence-corrected chi connectivity index (χ0v) is 7.10. The first-order valence-corrected chi connectivity index (χ1v) is 4.14. The van der Waals surface area contributed by atoms with Gasteiger partial charge in [-0.3, -0.25) is 0 Å². The van der Waals surface area contributed by atoms with Crippen LogP contribution in [0.3, 0.4) is 0 Å². The van der Waals surface area contributed by atoms with Crippen molar-refractivity contribution in [1.29, 1.82) is 0 Å². The third-order valence-corrected chi connectivity index (χ3v) is 1.66. The quantitative estimate of drug-likeness (QED) is 0.670. The van der Waals surface area contributed by atoms with Gasteiger partial charge in [0.05, 0.1) is 0 Å². The number of para-hydroxylation sites is 1. The van der Waals surface area contributed by atoms with Gasteiger partial charge in [-0.15, -0.1) is 0 Å². The minimum absolute atomic E-state index is 0.814. The number of benzene rings is 2. The lowest BCUT2D eigenvalue weighted by Gasteiger charge is -2.03. The summed E-state index contributed by atoms with van der Waals surface area (Å²) >= 11 is 0. The van der Waals surface area contributed by atoms with Crippen molar-refractivity contribution in [2.45, 2.75) is 0 Å². The third kappa shape index (κ3) is 2.09. The summed E-state index contributed by atoms with van der Waals surface area (Å²) in [5.74, 6) is 1.66. The maximum Gasteiger partial charge on any atom is 0.128 e. The fourth-order valence-corrected chi connectivity index (χ4v) is 1.06. The van der Waals surface area contributed by atoms with E-state index >= 15 is 0 Å². The molecule has 1 radical (unpaired) electrons. The predicted octanol–water partition coefficient (Wildman–Crippen LogP) is 3.28. The van der Waals surface area contributed by atoms with Crippen molar-refractivity contribution in [2.75, 3.05) is 0 Å². The molecule has 0 amide bonds. The molecule has 0 saturated heterocycles. The Morgan fingerprint density at radius 1 is 0.846 bits per heavy atom. The van der Waals surface area contributed by atoms with Crippen LogP contribution in [0.5, 0.6) is 11.5 Å². The van der Waals surface area contributed by atoms with Gasteiger partial charge in [-0.05, 0) is 30.3 Å². The van der Waals surface area contributed by atoms with Crippen LogP contribution in [0.2, 0.25) is 0 Å². The molecule has 0 aliphatic heterocycles. The van der Waals surface area contributed by atoms with Crippen LogP contribution < -0.4 is 4.74 Å². The Morgan fingerprint density at radius 3 is 2.31 bits per heavy atom. The summed E-state index contributed by atoms with van der Waals surface area (Å²) in [4.78, 5) is 0. The van der Waals surface area contributed by atoms with Crippen LogP contribution in [0, 0.1) is 6.07 Å². The number of rotatable bonds is 2. The minimum Gasteiger partial charge on any atom is -0.457 e. The molecule has 0 aliphatic rings. The summed E-state index contributed by atoms with van der Waals surface area (Å²) in [6, 6.07) is 20.1. The SMILES string of the molecule is [c]1cccc(Oc2ccccc2)c1. The molecule has 0 aromatic heterocycles. The minimum atomic E-state index is 0.814. The molecule has 0 heterocycles. The second-order valence-corrected chi connectivity index (χ2v) is 2.65. The van der Waals surface area contributed by atoms with Gasteiger partial charge in [-0.2, -0.15) is 0 Å². The van der Waals surface area contributed by atoms with E-state index in [1.807, 2.05) is 54.6 Å². The molecular weight excluding hydrogens is 160 g/mol. The van der Waals surface area contributed by atoms with Gasteiger partial charge in [0.15, 0.2) is 0 Å². The monoisotopic (exact) mass is 169 g/mol. The molecule has 0 unspecified atom stereocenters. The van der Waals surface area contributed by atoms with Crippen molar-refractivity contribution < 1.29 is 4.74 Å². The normalized spacial score (nSPS) is 9.54. The van der Waals surface area contributed by atoms with E-state index in [2.05, 4.69) is 6.07 Å². The fourth-order valence-electron chi connectivity index (χ4n) is 1.06. The van der Waals surface area contributed by atoms with Gasteiger partial charge in [0.1, 0.15) is 11.5 Å². The van der Waals surface area contributed by atoms with E-state index in [4.69, 9.17) is 4.74 Å². The number of ether oxygens (including phenoxy) is 1. The van der Waals surface area contributed by atoms with E-state index < -0.39 is 0 Å². The molecule has 0 atom stereocenters. The van der Waals surface area contributed by atoms with Crippen molar-refractivity contribution in [3.8, 4) is 11.5 Å². The molecule has 1 nitrogen and oxygen atoms in total. The van der Waals surface area contributed by atoms with Crippen LogP contribution in [0.15, 0.2) is 54.6 Å². The van der Waals surface area contributed by atoms with Crippen LogP contribution in [0.1, 0.15) is 0 Å². The Hall–Kier alpha value is -1.76. The molecule has 0 N–H and O–H groups in total. The van der Waals surface area contributed by atoms with Gasteiger partial charge >= 0.3 is 0 Å². The van der Waals surface area contributed by atoms with Crippen molar-refractivity contribution in [3.05, 3.63) is 60.7 Å². The summed E-state index contributed by atoms with van der Waals surface area (Å²) in [5.41, 5.74) is 0. The van der Waals surface area contributed by atoms with Crippen LogP contribution in [-0.4, -0.2) is 0 Å². The standard InChI is InChI=1S/C12H9O/c1-3-7-11(8-4-1)13-12-9-5-2-6-10-12/h1-5,7-10H. The lowest BCUT2D eigenvalue weighted by atomic mass is 10.3. The Labute approximate surface area is 77.6 Å². The molecule has 2 aromatic carbocycles. The van der Waals surface area contributed by atoms with E-state index in [0.29, 0.717) is 0 Å². The molecule has 13 heavy (non-hydrogen) atoms. The largest absolute Gasteiger partial charge is 0.457 e. The molecule has 0 saturated carbocycles. The zero-order valence-electron chi connectivity index (χ0n) is 7.10. The molecule has 2 rings (SSSR count). The smallest absolute Gasteiger partial charge is 0.128 e. The highest BCUT2D eigenvalue weighted by atomic mass is 16.5. The van der Waals surface area contributed by atoms with E-state index in [1.165, 1.54) is 0 Å². The van der Waals surface area contributed by atoms with E-state index in [9.17, 15) is 0 Å². The first-order chi connectivity index (χ1) is 6.45. The Morgan fingerprint density at radius 2 is 1.62 bits per heavy atom. The molecule has 63 valence electrons. The molecule has 2 aromatic rings. The van der Waals surface area contributed by atoms with Gasteiger partial charge in [0.2, 0.25) is 0 Å². The Kier molecular flexibility index (Phi) is 2.28. The van der Waals surface area contributed by atoms with E-state index in [0.717, 1.165) is 11.5 Å². The number of hydrogen-bond donors (Lipinski definition) is 0. The highest BCUT2D eigenvalue weighted by Gasteiger charge is 1.92. The molecule has 0 fully saturated rings. The molecule has 0 spiro atoms. The average molecular weight is 169 g/mol. The van der Waals surface area contributed by atoms with Gasteiger partial charge < -0.3 is 4.74 Å². The second kappa shape index (κ2) is 3.76. The zero-order chi connectivity index (χ0) is 8.93. The maximum absolute atomic E-state index is 5.55. The summed E-state index contributed by atoms with van der Waals surface area (Å²) in [6.45, 7) is 0. The highest BCUT2D eigenvalue weighted by molar-refractivity contribution is 5.29. The van der Waals surface area contributed by atoms with Crippen molar-refractivity contribution in [3.63, 3.8) is 0 Å². The predicted molar refractivity (Wildman–Crippen MR) is 51.8 cm³/mol. The molecule has 0 bridgehead atoms. The second-order valence-electron chi connectivity index (χ2n) is 2.65. The first-order valence-electron chi connectivity index (χ1n) is 4.14. The average Bonchev–Trinajstić information content (AvgIpc) is 2.21. The lowest BCUT2D eigenvalue weighted by Crippen LogP contribution is -1.81. The third-order valence-electron chi connectivity index (χ3n) is 1.66. The van der Waals surface area contributed by atoms with Gasteiger partial charge in [-0.1, -0.05) is 30.3 Å². The van der Waals surface area contributed by atoms with Crippen LogP contribution in [-0.2, 0) is 0 Å². The van der Waals surface area contributed by atoms with Gasteiger partial charge in [0.25, 0.3) is 0 Å². The topological polar surface area (TPSA) is 9.23 Å². The van der Waals surface area contributed by atoms with Crippen LogP contribution in [0.25, 0.3) is 0 Å². The van der Waals surface area contributed by atoms with Crippen molar-refractivity contribution in [2.24, 2.45) is 0 Å².